The van der Waals surface area contributed by atoms with Gasteiger partial charge in [0.25, 0.3) is 0 Å². The molecule has 0 saturated carbocycles. The Balaban J connectivity index is 2.51. The average molecular weight is 320 g/mol. The van der Waals surface area contributed by atoms with Crippen LogP contribution >= 0.6 is 0 Å². The van der Waals surface area contributed by atoms with Crippen LogP contribution in [-0.2, 0) is 16.0 Å². The van der Waals surface area contributed by atoms with Crippen molar-refractivity contribution in [1.29, 1.82) is 0 Å². The Labute approximate surface area is 136 Å². The highest BCUT2D eigenvalue weighted by Crippen LogP contribution is 2.13. The van der Waals surface area contributed by atoms with Crippen molar-refractivity contribution in [3.05, 3.63) is 42.5 Å². The number of nitrogens with two attached hydrogens (primary N) is 1. The molecule has 3 N–H and O–H groups in total. The Bertz CT molecular complexity index is 547. The van der Waals surface area contributed by atoms with Gasteiger partial charge in [-0.2, -0.15) is 0 Å². The van der Waals surface area contributed by atoms with E-state index >= 15 is 0 Å². The molecule has 1 rings (SSSR count). The highest BCUT2D eigenvalue weighted by atomic mass is 16.6. The van der Waals surface area contributed by atoms with Crippen LogP contribution in [0.1, 0.15) is 26.3 Å². The van der Waals surface area contributed by atoms with Gasteiger partial charge in [0.1, 0.15) is 18.0 Å². The van der Waals surface area contributed by atoms with E-state index in [9.17, 15) is 9.59 Å². The number of alkyl carbamates (subject to hydrolysis) is 1. The SMILES string of the molecule is C=CCOc1ccc(C[C@H](N)C(=O)NC(=O)OC(C)(C)C)cc1. The molecular formula is C17H24N2O4. The number of rotatable bonds is 6. The van der Waals surface area contributed by atoms with E-state index in [1.54, 1.807) is 39.0 Å². The number of carbonyl (C=O) groups excluding carboxylic acids is 2. The van der Waals surface area contributed by atoms with Crippen molar-refractivity contribution in [2.24, 2.45) is 5.73 Å². The highest BCUT2D eigenvalue weighted by molar-refractivity contribution is 5.94. The summed E-state index contributed by atoms with van der Waals surface area (Å²) in [7, 11) is 0. The number of hydrogen-bond donors (Lipinski definition) is 2. The zero-order valence-electron chi connectivity index (χ0n) is 13.8. The molecule has 0 spiro atoms. The molecule has 23 heavy (non-hydrogen) atoms. The number of ether oxygens (including phenoxy) is 2. The van der Waals surface area contributed by atoms with E-state index in [-0.39, 0.29) is 0 Å². The minimum absolute atomic E-state index is 0.302. The Morgan fingerprint density at radius 3 is 2.43 bits per heavy atom. The Morgan fingerprint density at radius 2 is 1.91 bits per heavy atom. The molecule has 6 heteroatoms. The lowest BCUT2D eigenvalue weighted by molar-refractivity contribution is -0.121. The quantitative estimate of drug-likeness (QED) is 0.784. The van der Waals surface area contributed by atoms with Gasteiger partial charge in [-0.1, -0.05) is 24.8 Å². The van der Waals surface area contributed by atoms with Gasteiger partial charge >= 0.3 is 6.09 Å². The Kier molecular flexibility index (Phi) is 6.78. The van der Waals surface area contributed by atoms with Crippen LogP contribution in [0.2, 0.25) is 0 Å². The van der Waals surface area contributed by atoms with Crippen molar-refractivity contribution in [2.75, 3.05) is 6.61 Å². The molecule has 0 heterocycles. The van der Waals surface area contributed by atoms with Gasteiger partial charge in [0.2, 0.25) is 5.91 Å². The summed E-state index contributed by atoms with van der Waals surface area (Å²) in [5.74, 6) is 0.131. The number of carbonyl (C=O) groups is 2. The summed E-state index contributed by atoms with van der Waals surface area (Å²) in [6.45, 7) is 9.15. The molecule has 0 saturated heterocycles. The van der Waals surface area contributed by atoms with E-state index in [2.05, 4.69) is 11.9 Å². The minimum atomic E-state index is -0.845. The lowest BCUT2D eigenvalue weighted by atomic mass is 10.1. The molecule has 0 unspecified atom stereocenters. The first-order chi connectivity index (χ1) is 10.7. The predicted octanol–water partition coefficient (Wildman–Crippen LogP) is 2.17. The van der Waals surface area contributed by atoms with Crippen LogP contribution in [0.4, 0.5) is 4.79 Å². The smallest absolute Gasteiger partial charge is 0.414 e. The molecule has 2 amide bonds. The van der Waals surface area contributed by atoms with Crippen molar-refractivity contribution >= 4 is 12.0 Å². The number of nitrogens with one attached hydrogen (secondary N) is 1. The van der Waals surface area contributed by atoms with E-state index in [1.807, 2.05) is 12.1 Å². The molecule has 6 nitrogen and oxygen atoms in total. The van der Waals surface area contributed by atoms with Gasteiger partial charge in [0.15, 0.2) is 0 Å². The van der Waals surface area contributed by atoms with E-state index in [1.165, 1.54) is 0 Å². The molecule has 0 aliphatic rings. The number of amides is 2. The summed E-state index contributed by atoms with van der Waals surface area (Å²) < 4.78 is 10.4. The van der Waals surface area contributed by atoms with E-state index in [0.29, 0.717) is 18.8 Å². The lowest BCUT2D eigenvalue weighted by Crippen LogP contribution is -2.46. The summed E-state index contributed by atoms with van der Waals surface area (Å²) in [5.41, 5.74) is 6.01. The third kappa shape index (κ3) is 7.46. The molecule has 0 aliphatic heterocycles. The van der Waals surface area contributed by atoms with Crippen molar-refractivity contribution in [3.8, 4) is 5.75 Å². The van der Waals surface area contributed by atoms with E-state index in [4.69, 9.17) is 15.2 Å². The van der Waals surface area contributed by atoms with Crippen LogP contribution < -0.4 is 15.8 Å². The molecule has 1 aromatic rings. The van der Waals surface area contributed by atoms with E-state index in [0.717, 1.165) is 5.56 Å². The Hall–Kier alpha value is -2.34. The van der Waals surface area contributed by atoms with Crippen molar-refractivity contribution in [3.63, 3.8) is 0 Å². The molecule has 0 bridgehead atoms. The molecular weight excluding hydrogens is 296 g/mol. The normalized spacial score (nSPS) is 12.2. The van der Waals surface area contributed by atoms with Crippen molar-refractivity contribution in [1.82, 2.24) is 5.32 Å². The second-order valence-electron chi connectivity index (χ2n) is 6.05. The van der Waals surface area contributed by atoms with Gasteiger partial charge in [0, 0.05) is 0 Å². The number of hydrogen-bond acceptors (Lipinski definition) is 5. The van der Waals surface area contributed by atoms with Crippen molar-refractivity contribution < 1.29 is 19.1 Å². The van der Waals surface area contributed by atoms with Crippen LogP contribution in [-0.4, -0.2) is 30.3 Å². The first kappa shape index (κ1) is 18.7. The van der Waals surface area contributed by atoms with Gasteiger partial charge in [-0.15, -0.1) is 0 Å². The fraction of sp³-hybridized carbons (Fsp3) is 0.412. The summed E-state index contributed by atoms with van der Waals surface area (Å²) in [6.07, 6.45) is 1.16. The molecule has 1 aromatic carbocycles. The maximum absolute atomic E-state index is 11.9. The summed E-state index contributed by atoms with van der Waals surface area (Å²) in [4.78, 5) is 23.4. The molecule has 0 fully saturated rings. The molecule has 0 radical (unpaired) electrons. The fourth-order valence-corrected chi connectivity index (χ4v) is 1.72. The van der Waals surface area contributed by atoms with Crippen molar-refractivity contribution in [2.45, 2.75) is 38.8 Å². The summed E-state index contributed by atoms with van der Waals surface area (Å²) in [6, 6.07) is 6.37. The van der Waals surface area contributed by atoms with Crippen LogP contribution in [0, 0.1) is 0 Å². The summed E-state index contributed by atoms with van der Waals surface area (Å²) >= 11 is 0. The highest BCUT2D eigenvalue weighted by Gasteiger charge is 2.21. The van der Waals surface area contributed by atoms with E-state index < -0.39 is 23.6 Å². The first-order valence-electron chi connectivity index (χ1n) is 7.33. The fourth-order valence-electron chi connectivity index (χ4n) is 1.72. The average Bonchev–Trinajstić information content (AvgIpc) is 2.44. The maximum Gasteiger partial charge on any atom is 0.414 e. The van der Waals surface area contributed by atoms with Gasteiger partial charge < -0.3 is 15.2 Å². The van der Waals surface area contributed by atoms with Gasteiger partial charge in [0.05, 0.1) is 6.04 Å². The Morgan fingerprint density at radius 1 is 1.30 bits per heavy atom. The molecule has 126 valence electrons. The topological polar surface area (TPSA) is 90.6 Å². The second kappa shape index (κ2) is 8.33. The standard InChI is InChI=1S/C17H24N2O4/c1-5-10-22-13-8-6-12(7-9-13)11-14(18)15(20)19-16(21)23-17(2,3)4/h5-9,14H,1,10-11,18H2,2-4H3,(H,19,20,21)/t14-/m0/s1. The van der Waals surface area contributed by atoms with Crippen LogP contribution in [0.15, 0.2) is 36.9 Å². The zero-order chi connectivity index (χ0) is 17.5. The second-order valence-corrected chi connectivity index (χ2v) is 6.05. The molecule has 0 aliphatic carbocycles. The summed E-state index contributed by atoms with van der Waals surface area (Å²) in [5, 5.41) is 2.13. The maximum atomic E-state index is 11.9. The van der Waals surface area contributed by atoms with Crippen LogP contribution in [0.3, 0.4) is 0 Å². The first-order valence-corrected chi connectivity index (χ1v) is 7.33. The zero-order valence-corrected chi connectivity index (χ0v) is 13.8. The third-order valence-electron chi connectivity index (χ3n) is 2.71. The van der Waals surface area contributed by atoms with Gasteiger partial charge in [-0.3, -0.25) is 10.1 Å². The number of imide groups is 1. The van der Waals surface area contributed by atoms with Gasteiger partial charge in [-0.25, -0.2) is 4.79 Å². The van der Waals surface area contributed by atoms with Crippen LogP contribution in [0.25, 0.3) is 0 Å². The monoisotopic (exact) mass is 320 g/mol. The third-order valence-corrected chi connectivity index (χ3v) is 2.71. The minimum Gasteiger partial charge on any atom is -0.490 e. The lowest BCUT2D eigenvalue weighted by Gasteiger charge is -2.20. The number of benzene rings is 1. The van der Waals surface area contributed by atoms with Gasteiger partial charge in [-0.05, 0) is 44.9 Å². The largest absolute Gasteiger partial charge is 0.490 e. The molecule has 0 aromatic heterocycles. The van der Waals surface area contributed by atoms with Crippen LogP contribution in [0.5, 0.6) is 5.75 Å². The predicted molar refractivity (Wildman–Crippen MR) is 88.2 cm³/mol. The molecule has 1 atom stereocenters.